The standard InChI is InChI=1S/C18H10F7N3O3/c1-28(11-4-2-10(19)3-5-11)16(29)31-14-12(15-27-26-8-30-15)6-9(17(20,21)22)7-13(14)18(23,24)25/h2-8H,1H3/i1D3. The van der Waals surface area contributed by atoms with E-state index in [-0.39, 0.29) is 17.0 Å². The molecule has 1 aromatic heterocycles. The highest BCUT2D eigenvalue weighted by Gasteiger charge is 2.42. The van der Waals surface area contributed by atoms with Gasteiger partial charge in [-0.15, -0.1) is 10.2 Å². The molecule has 0 radical (unpaired) electrons. The van der Waals surface area contributed by atoms with E-state index in [0.717, 1.165) is 24.3 Å². The minimum absolute atomic E-state index is 0.0815. The predicted octanol–water partition coefficient (Wildman–Crippen LogP) is 5.55. The number of nitrogens with zero attached hydrogens (tertiary/aromatic N) is 3. The Bertz CT molecular complexity index is 1180. The Kier molecular flexibility index (Phi) is 4.62. The summed E-state index contributed by atoms with van der Waals surface area (Å²) in [5.41, 5.74) is -5.41. The summed E-state index contributed by atoms with van der Waals surface area (Å²) >= 11 is 0. The third kappa shape index (κ3) is 4.75. The number of alkyl halides is 6. The fourth-order valence-corrected chi connectivity index (χ4v) is 2.39. The molecule has 0 saturated carbocycles. The smallest absolute Gasteiger partial charge is 0.420 e. The highest BCUT2D eigenvalue weighted by Crippen LogP contribution is 2.45. The van der Waals surface area contributed by atoms with Crippen molar-refractivity contribution in [3.05, 3.63) is 59.7 Å². The molecule has 0 spiro atoms. The minimum Gasteiger partial charge on any atom is -0.423 e. The molecule has 6 nitrogen and oxygen atoms in total. The van der Waals surface area contributed by atoms with E-state index in [1.165, 1.54) is 0 Å². The van der Waals surface area contributed by atoms with Crippen LogP contribution in [0.3, 0.4) is 0 Å². The zero-order valence-electron chi connectivity index (χ0n) is 17.8. The largest absolute Gasteiger partial charge is 0.423 e. The molecule has 0 aliphatic carbocycles. The third-order valence-electron chi connectivity index (χ3n) is 3.77. The second-order valence-electron chi connectivity index (χ2n) is 5.82. The van der Waals surface area contributed by atoms with Gasteiger partial charge in [0.1, 0.15) is 5.82 Å². The number of halogens is 7. The summed E-state index contributed by atoms with van der Waals surface area (Å²) in [4.78, 5) is 12.6. The van der Waals surface area contributed by atoms with E-state index in [4.69, 9.17) is 4.11 Å². The van der Waals surface area contributed by atoms with Gasteiger partial charge < -0.3 is 9.15 Å². The molecule has 1 amide bonds. The third-order valence-corrected chi connectivity index (χ3v) is 3.77. The van der Waals surface area contributed by atoms with Crippen molar-refractivity contribution in [2.45, 2.75) is 12.4 Å². The minimum atomic E-state index is -5.49. The van der Waals surface area contributed by atoms with E-state index in [9.17, 15) is 35.5 Å². The molecule has 0 bridgehead atoms. The summed E-state index contributed by atoms with van der Waals surface area (Å²) in [5, 5.41) is 6.43. The molecule has 3 rings (SSSR count). The molecule has 13 heteroatoms. The lowest BCUT2D eigenvalue weighted by molar-refractivity contribution is -0.143. The number of carbonyl (C=O) groups excluding carboxylic acids is 1. The number of hydrogen-bond acceptors (Lipinski definition) is 5. The van der Waals surface area contributed by atoms with Gasteiger partial charge in [-0.1, -0.05) is 0 Å². The van der Waals surface area contributed by atoms with Crippen molar-refractivity contribution >= 4 is 11.8 Å². The first-order chi connectivity index (χ1) is 15.6. The van der Waals surface area contributed by atoms with Gasteiger partial charge in [0.25, 0.3) is 5.89 Å². The zero-order chi connectivity index (χ0) is 25.5. The van der Waals surface area contributed by atoms with Gasteiger partial charge in [0.15, 0.2) is 5.75 Å². The lowest BCUT2D eigenvalue weighted by atomic mass is 10.0. The highest BCUT2D eigenvalue weighted by atomic mass is 19.4. The molecule has 0 aliphatic heterocycles. The molecule has 3 aromatic rings. The van der Waals surface area contributed by atoms with Crippen molar-refractivity contribution in [2.75, 3.05) is 11.9 Å². The van der Waals surface area contributed by atoms with E-state index in [1.807, 2.05) is 0 Å². The SMILES string of the molecule is [2H]C([2H])([2H])N(C(=O)Oc1c(-c2nnco2)cc(C(F)(F)F)cc1C(F)(F)F)c1ccc(F)cc1. The lowest BCUT2D eigenvalue weighted by Crippen LogP contribution is -2.30. The van der Waals surface area contributed by atoms with Gasteiger partial charge in [-0.2, -0.15) is 26.3 Å². The molecule has 1 heterocycles. The van der Waals surface area contributed by atoms with Gasteiger partial charge in [-0.25, -0.2) is 9.18 Å². The van der Waals surface area contributed by atoms with Crippen LogP contribution in [-0.4, -0.2) is 23.3 Å². The molecule has 164 valence electrons. The van der Waals surface area contributed by atoms with Crippen molar-refractivity contribution in [3.8, 4) is 17.2 Å². The maximum absolute atomic E-state index is 13.7. The Balaban J connectivity index is 2.21. The summed E-state index contributed by atoms with van der Waals surface area (Å²) in [6, 6.07) is 3.05. The molecule has 0 atom stereocenters. The number of hydrogen-bond donors (Lipinski definition) is 0. The van der Waals surface area contributed by atoms with Crippen molar-refractivity contribution < 1.29 is 48.8 Å². The maximum atomic E-state index is 13.7. The van der Waals surface area contributed by atoms with Crippen LogP contribution in [0.2, 0.25) is 0 Å². The second kappa shape index (κ2) is 7.89. The fraction of sp³-hybridized carbons (Fsp3) is 0.167. The van der Waals surface area contributed by atoms with Gasteiger partial charge in [0.2, 0.25) is 6.39 Å². The average molecular weight is 452 g/mol. The van der Waals surface area contributed by atoms with Crippen molar-refractivity contribution in [2.24, 2.45) is 0 Å². The summed E-state index contributed by atoms with van der Waals surface area (Å²) < 4.78 is 126. The Labute approximate surface area is 173 Å². The Hall–Kier alpha value is -3.64. The number of aromatic nitrogens is 2. The monoisotopic (exact) mass is 452 g/mol. The maximum Gasteiger partial charge on any atom is 0.420 e. The van der Waals surface area contributed by atoms with Crippen LogP contribution in [0, 0.1) is 5.82 Å². The van der Waals surface area contributed by atoms with E-state index in [2.05, 4.69) is 19.4 Å². The number of amides is 1. The fourth-order valence-electron chi connectivity index (χ4n) is 2.39. The average Bonchev–Trinajstić information content (AvgIpc) is 3.21. The van der Waals surface area contributed by atoms with Crippen LogP contribution in [0.4, 0.5) is 41.2 Å². The Morgan fingerprint density at radius 3 is 2.29 bits per heavy atom. The van der Waals surface area contributed by atoms with Gasteiger partial charge in [-0.05, 0) is 36.4 Å². The first-order valence-corrected chi connectivity index (χ1v) is 7.95. The van der Waals surface area contributed by atoms with Crippen molar-refractivity contribution in [3.63, 3.8) is 0 Å². The summed E-state index contributed by atoms with van der Waals surface area (Å²) in [7, 11) is 0. The number of anilines is 1. The molecule has 0 fully saturated rings. The molecule has 0 aliphatic rings. The number of ether oxygens (including phenoxy) is 1. The number of benzene rings is 2. The van der Waals surface area contributed by atoms with Crippen LogP contribution in [0.15, 0.2) is 47.2 Å². The summed E-state index contributed by atoms with van der Waals surface area (Å²) in [5.74, 6) is -3.20. The molecular formula is C18H10F7N3O3. The normalized spacial score (nSPS) is 13.8. The first kappa shape index (κ1) is 18.2. The summed E-state index contributed by atoms with van der Waals surface area (Å²) in [6.07, 6.45) is -12.1. The van der Waals surface area contributed by atoms with Crippen molar-refractivity contribution in [1.82, 2.24) is 10.2 Å². The molecule has 0 N–H and O–H groups in total. The first-order valence-electron chi connectivity index (χ1n) is 9.45. The molecule has 2 aromatic carbocycles. The van der Waals surface area contributed by atoms with Crippen LogP contribution >= 0.6 is 0 Å². The van der Waals surface area contributed by atoms with Gasteiger partial charge in [0, 0.05) is 16.8 Å². The predicted molar refractivity (Wildman–Crippen MR) is 90.6 cm³/mol. The lowest BCUT2D eigenvalue weighted by Gasteiger charge is -2.21. The van der Waals surface area contributed by atoms with Gasteiger partial charge >= 0.3 is 18.4 Å². The van der Waals surface area contributed by atoms with Crippen LogP contribution in [-0.2, 0) is 12.4 Å². The topological polar surface area (TPSA) is 68.5 Å². The van der Waals surface area contributed by atoms with E-state index in [1.54, 1.807) is 0 Å². The van der Waals surface area contributed by atoms with Crippen LogP contribution in [0.5, 0.6) is 5.75 Å². The Morgan fingerprint density at radius 1 is 1.10 bits per heavy atom. The van der Waals surface area contributed by atoms with E-state index in [0.29, 0.717) is 6.39 Å². The van der Waals surface area contributed by atoms with E-state index < -0.39 is 65.3 Å². The number of rotatable bonds is 3. The van der Waals surface area contributed by atoms with Crippen LogP contribution in [0.1, 0.15) is 15.2 Å². The molecular weight excluding hydrogens is 439 g/mol. The van der Waals surface area contributed by atoms with Crippen molar-refractivity contribution in [1.29, 1.82) is 0 Å². The van der Waals surface area contributed by atoms with Gasteiger partial charge in [-0.3, -0.25) is 4.90 Å². The van der Waals surface area contributed by atoms with Crippen LogP contribution in [0.25, 0.3) is 11.5 Å². The molecule has 31 heavy (non-hydrogen) atoms. The second-order valence-corrected chi connectivity index (χ2v) is 5.82. The highest BCUT2D eigenvalue weighted by molar-refractivity contribution is 5.90. The Morgan fingerprint density at radius 2 is 1.77 bits per heavy atom. The molecule has 0 unspecified atom stereocenters. The number of carbonyl (C=O) groups is 1. The summed E-state index contributed by atoms with van der Waals surface area (Å²) in [6.45, 7) is -3.34. The molecule has 0 saturated heterocycles. The van der Waals surface area contributed by atoms with Crippen LogP contribution < -0.4 is 9.64 Å². The van der Waals surface area contributed by atoms with E-state index >= 15 is 0 Å². The van der Waals surface area contributed by atoms with Gasteiger partial charge in [0.05, 0.1) is 16.7 Å². The quantitative estimate of drug-likeness (QED) is 0.488. The zero-order valence-corrected chi connectivity index (χ0v) is 14.8.